The number of anilines is 2. The van der Waals surface area contributed by atoms with Crippen LogP contribution in [0.2, 0.25) is 0 Å². The lowest BCUT2D eigenvalue weighted by Gasteiger charge is -2.13. The minimum absolute atomic E-state index is 0.0279. The molecule has 10 nitrogen and oxygen atoms in total. The highest BCUT2D eigenvalue weighted by Gasteiger charge is 2.16. The fourth-order valence-corrected chi connectivity index (χ4v) is 4.82. The second kappa shape index (κ2) is 15.9. The summed E-state index contributed by atoms with van der Waals surface area (Å²) in [5.41, 5.74) is 2.09. The molecule has 0 spiro atoms. The van der Waals surface area contributed by atoms with E-state index in [9.17, 15) is 14.4 Å². The molecule has 0 radical (unpaired) electrons. The summed E-state index contributed by atoms with van der Waals surface area (Å²) in [6.45, 7) is 0. The number of carbonyl (C=O) groups excluding carboxylic acids is 3. The van der Waals surface area contributed by atoms with Gasteiger partial charge in [-0.05, 0) is 72.3 Å². The first-order valence-corrected chi connectivity index (χ1v) is 14.7. The summed E-state index contributed by atoms with van der Waals surface area (Å²) in [5, 5.41) is 8.39. The lowest BCUT2D eigenvalue weighted by atomic mass is 10.1. The summed E-state index contributed by atoms with van der Waals surface area (Å²) in [5.74, 6) is 1.11. The molecule has 0 aromatic heterocycles. The van der Waals surface area contributed by atoms with Crippen molar-refractivity contribution in [1.82, 2.24) is 5.32 Å². The normalized spacial score (nSPS) is 10.8. The van der Waals surface area contributed by atoms with E-state index < -0.39 is 11.8 Å². The van der Waals surface area contributed by atoms with Crippen LogP contribution in [0.1, 0.15) is 15.9 Å². The van der Waals surface area contributed by atoms with Gasteiger partial charge in [0.2, 0.25) is 5.91 Å². The Kier molecular flexibility index (Phi) is 11.5. The van der Waals surface area contributed by atoms with Crippen molar-refractivity contribution in [3.63, 3.8) is 0 Å². The highest BCUT2D eigenvalue weighted by Crippen LogP contribution is 2.30. The molecule has 45 heavy (non-hydrogen) atoms. The van der Waals surface area contributed by atoms with Crippen molar-refractivity contribution in [3.8, 4) is 23.0 Å². The molecule has 0 aliphatic carbocycles. The molecule has 0 heterocycles. The molecule has 4 rings (SSSR count). The molecule has 0 saturated carbocycles. The fraction of sp³-hybridized carbons (Fsp3) is 0.147. The van der Waals surface area contributed by atoms with Crippen molar-refractivity contribution in [3.05, 3.63) is 108 Å². The van der Waals surface area contributed by atoms with E-state index >= 15 is 0 Å². The minimum Gasteiger partial charge on any atom is -0.497 e. The minimum atomic E-state index is -0.526. The molecule has 3 amide bonds. The quantitative estimate of drug-likeness (QED) is 0.124. The number of amides is 3. The molecule has 11 heteroatoms. The molecular weight excluding hydrogens is 594 g/mol. The lowest BCUT2D eigenvalue weighted by Crippen LogP contribution is -2.30. The van der Waals surface area contributed by atoms with Crippen molar-refractivity contribution in [1.29, 1.82) is 0 Å². The largest absolute Gasteiger partial charge is 0.497 e. The number of hydrogen-bond acceptors (Lipinski definition) is 8. The Morgan fingerprint density at radius 1 is 0.711 bits per heavy atom. The number of hydrogen-bond donors (Lipinski definition) is 3. The van der Waals surface area contributed by atoms with Crippen molar-refractivity contribution < 1.29 is 33.3 Å². The van der Waals surface area contributed by atoms with E-state index in [-0.39, 0.29) is 17.4 Å². The molecule has 0 saturated heterocycles. The average Bonchev–Trinajstić information content (AvgIpc) is 3.08. The molecule has 4 aromatic carbocycles. The Morgan fingerprint density at radius 3 is 2.09 bits per heavy atom. The van der Waals surface area contributed by atoms with E-state index in [1.165, 1.54) is 33.1 Å². The van der Waals surface area contributed by atoms with Crippen LogP contribution in [0.3, 0.4) is 0 Å². The Balaban J connectivity index is 1.43. The maximum atomic E-state index is 13.4. The highest BCUT2D eigenvalue weighted by molar-refractivity contribution is 8.00. The fourth-order valence-electron chi connectivity index (χ4n) is 4.12. The molecule has 0 aliphatic rings. The summed E-state index contributed by atoms with van der Waals surface area (Å²) in [4.78, 5) is 39.8. The number of benzene rings is 4. The second-order valence-corrected chi connectivity index (χ2v) is 10.4. The van der Waals surface area contributed by atoms with Gasteiger partial charge in [0.15, 0.2) is 11.5 Å². The van der Waals surface area contributed by atoms with Crippen molar-refractivity contribution >= 4 is 46.9 Å². The van der Waals surface area contributed by atoms with Crippen LogP contribution < -0.4 is 34.9 Å². The number of nitrogens with one attached hydrogen (secondary N) is 3. The predicted octanol–water partition coefficient (Wildman–Crippen LogP) is 5.86. The smallest absolute Gasteiger partial charge is 0.272 e. The average molecular weight is 628 g/mol. The number of rotatable bonds is 13. The zero-order chi connectivity index (χ0) is 32.2. The zero-order valence-electron chi connectivity index (χ0n) is 25.2. The Hall–Kier alpha value is -5.42. The van der Waals surface area contributed by atoms with Gasteiger partial charge in [-0.15, -0.1) is 11.8 Å². The van der Waals surface area contributed by atoms with Gasteiger partial charge in [-0.1, -0.05) is 24.3 Å². The Morgan fingerprint density at radius 2 is 1.42 bits per heavy atom. The van der Waals surface area contributed by atoms with Gasteiger partial charge < -0.3 is 34.9 Å². The first-order chi connectivity index (χ1) is 21.8. The van der Waals surface area contributed by atoms with Gasteiger partial charge in [0.1, 0.15) is 17.2 Å². The van der Waals surface area contributed by atoms with E-state index in [0.29, 0.717) is 45.5 Å². The van der Waals surface area contributed by atoms with Crippen LogP contribution in [-0.2, 0) is 9.59 Å². The van der Waals surface area contributed by atoms with Crippen LogP contribution >= 0.6 is 11.8 Å². The third-order valence-electron chi connectivity index (χ3n) is 6.41. The molecule has 0 atom stereocenters. The van der Waals surface area contributed by atoms with Crippen molar-refractivity contribution in [2.75, 3.05) is 44.8 Å². The molecule has 0 bridgehead atoms. The number of ether oxygens (including phenoxy) is 4. The number of carbonyl (C=O) groups is 3. The van der Waals surface area contributed by atoms with E-state index in [1.807, 2.05) is 0 Å². The van der Waals surface area contributed by atoms with E-state index in [1.54, 1.807) is 104 Å². The monoisotopic (exact) mass is 627 g/mol. The summed E-state index contributed by atoms with van der Waals surface area (Å²) in [7, 11) is 6.12. The van der Waals surface area contributed by atoms with Crippen LogP contribution in [0.15, 0.2) is 102 Å². The van der Waals surface area contributed by atoms with E-state index in [4.69, 9.17) is 18.9 Å². The summed E-state index contributed by atoms with van der Waals surface area (Å²) in [6.07, 6.45) is 1.55. The number of methoxy groups -OCH3 is 4. The van der Waals surface area contributed by atoms with Crippen molar-refractivity contribution in [2.45, 2.75) is 4.90 Å². The first-order valence-electron chi connectivity index (χ1n) is 13.7. The highest BCUT2D eigenvalue weighted by atomic mass is 32.2. The first kappa shape index (κ1) is 32.5. The lowest BCUT2D eigenvalue weighted by molar-refractivity contribution is -0.114. The standard InChI is InChI=1S/C34H33N3O7S/c1-41-25-13-16-27(30(20-25)43-3)36-32(38)21-45-26-14-11-24(12-15-26)35-34(40)28(37-33(39)23-8-6-5-7-9-23)18-22-10-17-29(42-2)31(19-22)44-4/h5-20H,21H2,1-4H3,(H,35,40)(H,36,38)(H,37,39)/b28-18-. The third-order valence-corrected chi connectivity index (χ3v) is 7.42. The van der Waals surface area contributed by atoms with Crippen LogP contribution in [0.25, 0.3) is 6.08 Å². The van der Waals surface area contributed by atoms with Gasteiger partial charge in [-0.3, -0.25) is 14.4 Å². The topological polar surface area (TPSA) is 124 Å². The predicted molar refractivity (Wildman–Crippen MR) is 175 cm³/mol. The maximum Gasteiger partial charge on any atom is 0.272 e. The van der Waals surface area contributed by atoms with Crippen LogP contribution in [0.5, 0.6) is 23.0 Å². The molecule has 0 fully saturated rings. The van der Waals surface area contributed by atoms with E-state index in [2.05, 4.69) is 16.0 Å². The van der Waals surface area contributed by atoms with Crippen molar-refractivity contribution in [2.24, 2.45) is 0 Å². The Labute approximate surface area is 265 Å². The van der Waals surface area contributed by atoms with Crippen LogP contribution in [0.4, 0.5) is 11.4 Å². The van der Waals surface area contributed by atoms with Crippen LogP contribution in [0, 0.1) is 0 Å². The van der Waals surface area contributed by atoms with Gasteiger partial charge in [-0.2, -0.15) is 0 Å². The number of thioether (sulfide) groups is 1. The van der Waals surface area contributed by atoms with Gasteiger partial charge in [0.05, 0.1) is 39.9 Å². The molecule has 0 unspecified atom stereocenters. The molecule has 232 valence electrons. The SMILES string of the molecule is COc1ccc(NC(=O)CSc2ccc(NC(=O)/C(=C/c3ccc(OC)c(OC)c3)NC(=O)c3ccccc3)cc2)c(OC)c1. The van der Waals surface area contributed by atoms with Gasteiger partial charge in [0, 0.05) is 22.2 Å². The third kappa shape index (κ3) is 9.04. The van der Waals surface area contributed by atoms with Gasteiger partial charge >= 0.3 is 0 Å². The van der Waals surface area contributed by atoms with E-state index in [0.717, 1.165) is 4.90 Å². The van der Waals surface area contributed by atoms with Gasteiger partial charge in [0.25, 0.3) is 11.8 Å². The Bertz CT molecular complexity index is 1680. The van der Waals surface area contributed by atoms with Gasteiger partial charge in [-0.25, -0.2) is 0 Å². The summed E-state index contributed by atoms with van der Waals surface area (Å²) >= 11 is 1.34. The molecule has 4 aromatic rings. The van der Waals surface area contributed by atoms with Crippen LogP contribution in [-0.4, -0.2) is 51.9 Å². The summed E-state index contributed by atoms with van der Waals surface area (Å²) in [6, 6.07) is 25.9. The molecule has 3 N–H and O–H groups in total. The molecule has 0 aliphatic heterocycles. The second-order valence-electron chi connectivity index (χ2n) is 9.37. The summed E-state index contributed by atoms with van der Waals surface area (Å²) < 4.78 is 21.2. The zero-order valence-corrected chi connectivity index (χ0v) is 26.0. The maximum absolute atomic E-state index is 13.4. The molecular formula is C34H33N3O7S.